The zero-order chi connectivity index (χ0) is 27.9. The van der Waals surface area contributed by atoms with Gasteiger partial charge in [0.15, 0.2) is 5.82 Å². The molecule has 1 unspecified atom stereocenters. The summed E-state index contributed by atoms with van der Waals surface area (Å²) in [7, 11) is -1.41. The lowest BCUT2D eigenvalue weighted by Crippen LogP contribution is -2.45. The summed E-state index contributed by atoms with van der Waals surface area (Å²) in [4.78, 5) is 16.7. The van der Waals surface area contributed by atoms with E-state index in [1.165, 1.54) is 22.9 Å². The molecule has 5 N–H and O–H groups in total. The van der Waals surface area contributed by atoms with E-state index in [2.05, 4.69) is 34.1 Å². The summed E-state index contributed by atoms with van der Waals surface area (Å²) in [6, 6.07) is 10.5. The van der Waals surface area contributed by atoms with Crippen LogP contribution in [0.15, 0.2) is 46.5 Å². The second kappa shape index (κ2) is 11.0. The van der Waals surface area contributed by atoms with E-state index in [0.29, 0.717) is 21.7 Å². The molecule has 8 nitrogen and oxygen atoms in total. The molecule has 2 aromatic heterocycles. The Balaban J connectivity index is 1.39. The van der Waals surface area contributed by atoms with E-state index in [4.69, 9.17) is 32.4 Å². The number of aromatic nitrogens is 3. The van der Waals surface area contributed by atoms with Gasteiger partial charge in [0.25, 0.3) is 0 Å². The molecule has 3 aromatic rings. The Morgan fingerprint density at radius 2 is 1.95 bits per heavy atom. The maximum absolute atomic E-state index is 12.4. The molecule has 0 radical (unpaired) electrons. The fourth-order valence-corrected chi connectivity index (χ4v) is 7.50. The van der Waals surface area contributed by atoms with Crippen molar-refractivity contribution in [2.75, 3.05) is 23.7 Å². The van der Waals surface area contributed by atoms with E-state index in [-0.39, 0.29) is 17.8 Å². The van der Waals surface area contributed by atoms with Crippen LogP contribution in [0.25, 0.3) is 0 Å². The Labute approximate surface area is 241 Å². The van der Waals surface area contributed by atoms with Crippen molar-refractivity contribution >= 4 is 46.0 Å². The molecule has 208 valence electrons. The van der Waals surface area contributed by atoms with Gasteiger partial charge in [0, 0.05) is 24.2 Å². The minimum absolute atomic E-state index is 0.0759. The smallest absolute Gasteiger partial charge is 0.153 e. The second-order valence-electron chi connectivity index (χ2n) is 11.2. The lowest BCUT2D eigenvalue weighted by Gasteiger charge is -2.45. The summed E-state index contributed by atoms with van der Waals surface area (Å²) in [5, 5.41) is 17.2. The summed E-state index contributed by atoms with van der Waals surface area (Å²) in [6.45, 7) is 7.32. The van der Waals surface area contributed by atoms with Gasteiger partial charge >= 0.3 is 0 Å². The molecule has 1 spiro atoms. The molecule has 5 rings (SSSR count). The maximum atomic E-state index is 12.4. The highest BCUT2D eigenvalue weighted by molar-refractivity contribution is 7.99. The first-order valence-electron chi connectivity index (χ1n) is 13.1. The van der Waals surface area contributed by atoms with Gasteiger partial charge in [-0.3, -0.25) is 5.14 Å². The average Bonchev–Trinajstić information content (AvgIpc) is 3.20. The Hall–Kier alpha value is -2.24. The number of piperidine rings is 1. The molecule has 0 saturated carbocycles. The molecule has 1 saturated heterocycles. The first kappa shape index (κ1) is 28.3. The van der Waals surface area contributed by atoms with Crippen molar-refractivity contribution in [3.8, 4) is 0 Å². The number of aliphatic hydroxyl groups excluding tert-OH is 1. The summed E-state index contributed by atoms with van der Waals surface area (Å²) in [5.74, 6) is 1.28. The minimum atomic E-state index is -1.41. The van der Waals surface area contributed by atoms with Crippen LogP contribution < -0.4 is 15.8 Å². The van der Waals surface area contributed by atoms with E-state index in [9.17, 15) is 9.32 Å². The van der Waals surface area contributed by atoms with Crippen LogP contribution in [0, 0.1) is 12.3 Å². The first-order chi connectivity index (χ1) is 18.5. The number of anilines is 2. The highest BCUT2D eigenvalue weighted by Gasteiger charge is 2.49. The quantitative estimate of drug-likeness (QED) is 0.360. The van der Waals surface area contributed by atoms with Crippen molar-refractivity contribution in [3.63, 3.8) is 0 Å². The number of nitrogens with two attached hydrogens (primary N) is 2. The molecule has 11 heteroatoms. The van der Waals surface area contributed by atoms with Crippen LogP contribution in [0.2, 0.25) is 5.02 Å². The lowest BCUT2D eigenvalue weighted by atomic mass is 9.66. The monoisotopic (exact) mass is 586 g/mol. The van der Waals surface area contributed by atoms with Crippen LogP contribution in [0.3, 0.4) is 0 Å². The van der Waals surface area contributed by atoms with Crippen molar-refractivity contribution in [1.82, 2.24) is 15.0 Å². The number of nitrogens with zero attached hydrogens (tertiary/aromatic N) is 4. The SMILES string of the molecule is Cc1nc(N2CCC3(CC2)Cc2ccccc2[C@H]3CC(C)(C)S(N)=O)c(CO)nc1Sc1ccnc(N)c1Cl. The van der Waals surface area contributed by atoms with Gasteiger partial charge in [0.1, 0.15) is 16.5 Å². The molecule has 1 fully saturated rings. The van der Waals surface area contributed by atoms with E-state index in [0.717, 1.165) is 55.2 Å². The van der Waals surface area contributed by atoms with E-state index < -0.39 is 15.7 Å². The Morgan fingerprint density at radius 3 is 2.64 bits per heavy atom. The molecule has 0 amide bonds. The van der Waals surface area contributed by atoms with Gasteiger partial charge in [-0.15, -0.1) is 0 Å². The molecule has 0 bridgehead atoms. The number of hydrogen-bond donors (Lipinski definition) is 3. The highest BCUT2D eigenvalue weighted by Crippen LogP contribution is 2.56. The third-order valence-corrected chi connectivity index (χ3v) is 11.2. The Bertz CT molecular complexity index is 1410. The van der Waals surface area contributed by atoms with Crippen LogP contribution in [-0.4, -0.2) is 42.1 Å². The standard InChI is InChI=1S/C28H35ClN6O2S2/c1-17-26(38-22-8-11-32-24(30)23(22)29)34-21(16-36)25(33-17)35-12-9-28(10-13-35)14-18-6-4-5-7-19(18)20(28)15-27(2,3)39(31)37/h4-8,11,20,36H,9-10,12-16,31H2,1-3H3,(H2,30,32)/t20-,39?/m1/s1. The van der Waals surface area contributed by atoms with Gasteiger partial charge in [0.05, 0.1) is 33.1 Å². The van der Waals surface area contributed by atoms with Gasteiger partial charge in [-0.25, -0.2) is 19.2 Å². The Morgan fingerprint density at radius 1 is 1.23 bits per heavy atom. The molecular formula is C28H35ClN6O2S2. The number of halogens is 1. The predicted molar refractivity (Wildman–Crippen MR) is 158 cm³/mol. The van der Waals surface area contributed by atoms with Crippen molar-refractivity contribution in [3.05, 3.63) is 64.1 Å². The second-order valence-corrected chi connectivity index (χ2v) is 14.3. The first-order valence-corrected chi connectivity index (χ1v) is 15.5. The molecule has 2 atom stereocenters. The summed E-state index contributed by atoms with van der Waals surface area (Å²) >= 11 is 7.71. The number of benzene rings is 1. The predicted octanol–water partition coefficient (Wildman–Crippen LogP) is 4.78. The van der Waals surface area contributed by atoms with Gasteiger partial charge in [0.2, 0.25) is 0 Å². The third-order valence-electron chi connectivity index (χ3n) is 8.33. The van der Waals surface area contributed by atoms with Crippen LogP contribution >= 0.6 is 23.4 Å². The number of rotatable bonds is 7. The number of aliphatic hydroxyl groups is 1. The topological polar surface area (TPSA) is 131 Å². The normalized spacial score (nSPS) is 19.3. The fourth-order valence-electron chi connectivity index (χ4n) is 6.06. The van der Waals surface area contributed by atoms with Gasteiger partial charge in [-0.05, 0) is 75.0 Å². The zero-order valence-corrected chi connectivity index (χ0v) is 24.9. The van der Waals surface area contributed by atoms with Gasteiger partial charge in [-0.2, -0.15) is 0 Å². The number of aryl methyl sites for hydroxylation is 1. The van der Waals surface area contributed by atoms with Crippen LogP contribution in [0.1, 0.15) is 61.5 Å². The lowest BCUT2D eigenvalue weighted by molar-refractivity contribution is 0.170. The van der Waals surface area contributed by atoms with Crippen molar-refractivity contribution in [2.24, 2.45) is 10.6 Å². The minimum Gasteiger partial charge on any atom is -0.390 e. The fraction of sp³-hybridized carbons (Fsp3) is 0.464. The molecule has 3 heterocycles. The summed E-state index contributed by atoms with van der Waals surface area (Å²) < 4.78 is 11.9. The average molecular weight is 587 g/mol. The zero-order valence-electron chi connectivity index (χ0n) is 22.5. The molecule has 1 aliphatic carbocycles. The van der Waals surface area contributed by atoms with Gasteiger partial charge in [-0.1, -0.05) is 47.6 Å². The van der Waals surface area contributed by atoms with E-state index >= 15 is 0 Å². The Kier molecular flexibility index (Phi) is 7.96. The van der Waals surface area contributed by atoms with Crippen molar-refractivity contribution in [2.45, 2.75) is 73.6 Å². The van der Waals surface area contributed by atoms with Crippen LogP contribution in [-0.2, 0) is 24.0 Å². The van der Waals surface area contributed by atoms with Crippen LogP contribution in [0.5, 0.6) is 0 Å². The number of nitrogen functional groups attached to an aromatic ring is 1. The molecule has 1 aromatic carbocycles. The van der Waals surface area contributed by atoms with Gasteiger partial charge < -0.3 is 15.7 Å². The van der Waals surface area contributed by atoms with Crippen molar-refractivity contribution < 1.29 is 9.32 Å². The van der Waals surface area contributed by atoms with Crippen molar-refractivity contribution in [1.29, 1.82) is 0 Å². The summed E-state index contributed by atoms with van der Waals surface area (Å²) in [5.41, 5.74) is 10.0. The number of hydrogen-bond acceptors (Lipinski definition) is 8. The number of pyridine rings is 1. The molecular weight excluding hydrogens is 552 g/mol. The van der Waals surface area contributed by atoms with E-state index in [1.807, 2.05) is 20.8 Å². The number of fused-ring (bicyclic) bond motifs is 1. The summed E-state index contributed by atoms with van der Waals surface area (Å²) in [6.07, 6.45) is 5.33. The molecule has 39 heavy (non-hydrogen) atoms. The van der Waals surface area contributed by atoms with E-state index in [1.54, 1.807) is 12.3 Å². The maximum Gasteiger partial charge on any atom is 0.153 e. The highest BCUT2D eigenvalue weighted by atomic mass is 35.5. The molecule has 2 aliphatic rings. The largest absolute Gasteiger partial charge is 0.390 e. The molecule has 1 aliphatic heterocycles. The van der Waals surface area contributed by atoms with Crippen LogP contribution in [0.4, 0.5) is 11.6 Å². The third kappa shape index (κ3) is 5.41.